The predicted octanol–water partition coefficient (Wildman–Crippen LogP) is 1.52. The largest absolute Gasteiger partial charge is 0.356 e. The molecule has 5 heteroatoms. The molecule has 1 aromatic heterocycles. The molecule has 106 valence electrons. The van der Waals surface area contributed by atoms with Crippen LogP contribution in [0.25, 0.3) is 0 Å². The second-order valence-corrected chi connectivity index (χ2v) is 4.51. The topological polar surface area (TPSA) is 65.2 Å². The average Bonchev–Trinajstić information content (AvgIpc) is 2.70. The SMILES string of the molecule is [2H]C(=O)c1[nH]c(C)c(C(=O)NCCN(CC)CC)c1C. The highest BCUT2D eigenvalue weighted by atomic mass is 16.1. The zero-order valence-electron chi connectivity index (χ0n) is 13.1. The van der Waals surface area contributed by atoms with Crippen molar-refractivity contribution < 1.29 is 11.0 Å². The van der Waals surface area contributed by atoms with Gasteiger partial charge in [-0.2, -0.15) is 0 Å². The Morgan fingerprint density at radius 3 is 2.53 bits per heavy atom. The summed E-state index contributed by atoms with van der Waals surface area (Å²) in [6.07, 6.45) is -0.798. The number of carbonyl (C=O) groups excluding carboxylic acids is 2. The normalized spacial score (nSPS) is 11.5. The second-order valence-electron chi connectivity index (χ2n) is 4.51. The molecule has 0 aliphatic carbocycles. The fourth-order valence-electron chi connectivity index (χ4n) is 2.15. The maximum atomic E-state index is 12.2. The van der Waals surface area contributed by atoms with Gasteiger partial charge in [0, 0.05) is 18.8 Å². The molecule has 19 heavy (non-hydrogen) atoms. The Hall–Kier alpha value is -1.62. The molecule has 1 heterocycles. The minimum absolute atomic E-state index is 0.191. The molecule has 0 saturated heterocycles. The number of aryl methyl sites for hydroxylation is 1. The molecule has 1 rings (SSSR count). The number of aldehydes is 1. The lowest BCUT2D eigenvalue weighted by Crippen LogP contribution is -2.35. The van der Waals surface area contributed by atoms with E-state index in [0.29, 0.717) is 23.4 Å². The molecule has 0 aliphatic heterocycles. The number of hydrogen-bond acceptors (Lipinski definition) is 3. The molecule has 0 aromatic carbocycles. The van der Waals surface area contributed by atoms with E-state index in [-0.39, 0.29) is 11.6 Å². The van der Waals surface area contributed by atoms with Gasteiger partial charge in [-0.05, 0) is 32.5 Å². The van der Waals surface area contributed by atoms with Gasteiger partial charge in [-0.3, -0.25) is 9.59 Å². The smallest absolute Gasteiger partial charge is 0.253 e. The lowest BCUT2D eigenvalue weighted by molar-refractivity contribution is 0.0948. The number of aromatic nitrogens is 1. The van der Waals surface area contributed by atoms with Crippen LogP contribution in [0, 0.1) is 13.8 Å². The van der Waals surface area contributed by atoms with Gasteiger partial charge in [-0.25, -0.2) is 0 Å². The van der Waals surface area contributed by atoms with Crippen LogP contribution in [-0.4, -0.2) is 48.2 Å². The van der Waals surface area contributed by atoms with Gasteiger partial charge in [0.05, 0.1) is 11.3 Å². The lowest BCUT2D eigenvalue weighted by Gasteiger charge is -2.18. The van der Waals surface area contributed by atoms with E-state index in [1.807, 2.05) is 0 Å². The summed E-state index contributed by atoms with van der Waals surface area (Å²) in [4.78, 5) is 28.3. The number of nitrogens with one attached hydrogen (secondary N) is 2. The Bertz CT molecular complexity index is 493. The maximum absolute atomic E-state index is 12.2. The maximum Gasteiger partial charge on any atom is 0.253 e. The van der Waals surface area contributed by atoms with Crippen molar-refractivity contribution in [3.05, 3.63) is 22.5 Å². The van der Waals surface area contributed by atoms with Gasteiger partial charge in [0.25, 0.3) is 5.91 Å². The summed E-state index contributed by atoms with van der Waals surface area (Å²) in [5.74, 6) is -0.198. The first-order chi connectivity index (χ1) is 9.42. The van der Waals surface area contributed by atoms with Crippen LogP contribution < -0.4 is 5.32 Å². The van der Waals surface area contributed by atoms with Gasteiger partial charge >= 0.3 is 0 Å². The van der Waals surface area contributed by atoms with Crippen LogP contribution in [0.2, 0.25) is 0 Å². The highest BCUT2D eigenvalue weighted by Gasteiger charge is 2.17. The fraction of sp³-hybridized carbons (Fsp3) is 0.571. The molecule has 0 atom stereocenters. The summed E-state index contributed by atoms with van der Waals surface area (Å²) in [5, 5.41) is 2.86. The fourth-order valence-corrected chi connectivity index (χ4v) is 2.15. The molecule has 0 fully saturated rings. The number of H-pyrrole nitrogens is 1. The molecule has 0 spiro atoms. The van der Waals surface area contributed by atoms with Gasteiger partial charge < -0.3 is 15.2 Å². The van der Waals surface area contributed by atoms with Crippen LogP contribution in [0.1, 0.15) is 47.3 Å². The number of amides is 1. The summed E-state index contributed by atoms with van der Waals surface area (Å²) in [6, 6.07) is 0. The first kappa shape index (κ1) is 13.8. The van der Waals surface area contributed by atoms with E-state index in [0.717, 1.165) is 19.6 Å². The van der Waals surface area contributed by atoms with E-state index < -0.39 is 6.26 Å². The molecule has 0 unspecified atom stereocenters. The molecule has 0 radical (unpaired) electrons. The number of likely N-dealkylation sites (N-methyl/N-ethyl adjacent to an activating group) is 1. The van der Waals surface area contributed by atoms with Crippen LogP contribution in [0.4, 0.5) is 0 Å². The average molecular weight is 266 g/mol. The Kier molecular flexibility index (Phi) is 5.15. The summed E-state index contributed by atoms with van der Waals surface area (Å²) in [5.41, 5.74) is 1.83. The van der Waals surface area contributed by atoms with Crippen molar-refractivity contribution in [2.45, 2.75) is 27.7 Å². The Morgan fingerprint density at radius 1 is 1.42 bits per heavy atom. The van der Waals surface area contributed by atoms with E-state index in [9.17, 15) is 9.59 Å². The van der Waals surface area contributed by atoms with Crippen molar-refractivity contribution in [3.63, 3.8) is 0 Å². The third-order valence-electron chi connectivity index (χ3n) is 3.37. The third kappa shape index (κ3) is 3.67. The number of nitrogens with zero attached hydrogens (tertiary/aromatic N) is 1. The van der Waals surface area contributed by atoms with Crippen molar-refractivity contribution in [2.24, 2.45) is 0 Å². The zero-order chi connectivity index (χ0) is 15.3. The number of rotatable bonds is 7. The molecule has 0 aliphatic rings. The summed E-state index contributed by atoms with van der Waals surface area (Å²) in [7, 11) is 0. The summed E-state index contributed by atoms with van der Waals surface area (Å²) in [6.45, 7) is 10.8. The van der Waals surface area contributed by atoms with Crippen molar-refractivity contribution in [1.29, 1.82) is 0 Å². The molecule has 1 aromatic rings. The van der Waals surface area contributed by atoms with Crippen molar-refractivity contribution in [2.75, 3.05) is 26.2 Å². The van der Waals surface area contributed by atoms with E-state index in [1.165, 1.54) is 0 Å². The zero-order valence-corrected chi connectivity index (χ0v) is 12.1. The molecular formula is C14H23N3O2. The van der Waals surface area contributed by atoms with Gasteiger partial charge in [0.15, 0.2) is 6.26 Å². The van der Waals surface area contributed by atoms with E-state index in [4.69, 9.17) is 1.37 Å². The van der Waals surface area contributed by atoms with Gasteiger partial charge in [0.1, 0.15) is 1.37 Å². The predicted molar refractivity (Wildman–Crippen MR) is 75.8 cm³/mol. The second kappa shape index (κ2) is 7.09. The molecular weight excluding hydrogens is 242 g/mol. The van der Waals surface area contributed by atoms with E-state index >= 15 is 0 Å². The Balaban J connectivity index is 2.71. The van der Waals surface area contributed by atoms with Crippen LogP contribution in [0.15, 0.2) is 0 Å². The van der Waals surface area contributed by atoms with E-state index in [2.05, 4.69) is 29.0 Å². The molecule has 1 amide bonds. The monoisotopic (exact) mass is 266 g/mol. The quantitative estimate of drug-likeness (QED) is 0.735. The highest BCUT2D eigenvalue weighted by molar-refractivity contribution is 5.99. The Morgan fingerprint density at radius 2 is 2.05 bits per heavy atom. The number of carbonyl (C=O) groups is 2. The van der Waals surface area contributed by atoms with Crippen LogP contribution in [0.3, 0.4) is 0 Å². The number of hydrogen-bond donors (Lipinski definition) is 2. The van der Waals surface area contributed by atoms with Crippen LogP contribution in [-0.2, 0) is 0 Å². The van der Waals surface area contributed by atoms with E-state index in [1.54, 1.807) is 13.8 Å². The van der Waals surface area contributed by atoms with Gasteiger partial charge in [-0.15, -0.1) is 0 Å². The highest BCUT2D eigenvalue weighted by Crippen LogP contribution is 2.16. The standard InChI is InChI=1S/C14H23N3O2/c1-5-17(6-2)8-7-15-14(19)13-10(3)12(9-18)16-11(13)4/h9,16H,5-8H2,1-4H3,(H,15,19)/i9D. The van der Waals surface area contributed by atoms with Gasteiger partial charge in [0.2, 0.25) is 0 Å². The molecule has 0 saturated carbocycles. The molecule has 5 nitrogen and oxygen atoms in total. The minimum atomic E-state index is -0.798. The lowest BCUT2D eigenvalue weighted by atomic mass is 10.1. The number of aromatic amines is 1. The molecule has 2 N–H and O–H groups in total. The van der Waals surface area contributed by atoms with Crippen LogP contribution >= 0.6 is 0 Å². The summed E-state index contributed by atoms with van der Waals surface area (Å²) < 4.78 is 7.15. The molecule has 0 bridgehead atoms. The minimum Gasteiger partial charge on any atom is -0.356 e. The van der Waals surface area contributed by atoms with Crippen molar-refractivity contribution >= 4 is 12.2 Å². The van der Waals surface area contributed by atoms with Gasteiger partial charge in [-0.1, -0.05) is 13.8 Å². The summed E-state index contributed by atoms with van der Waals surface area (Å²) >= 11 is 0. The first-order valence-corrected chi connectivity index (χ1v) is 6.62. The first-order valence-electron chi connectivity index (χ1n) is 7.12. The van der Waals surface area contributed by atoms with Crippen LogP contribution in [0.5, 0.6) is 0 Å². The third-order valence-corrected chi connectivity index (χ3v) is 3.37. The van der Waals surface area contributed by atoms with Crippen molar-refractivity contribution in [1.82, 2.24) is 15.2 Å². The van der Waals surface area contributed by atoms with Crippen molar-refractivity contribution in [3.8, 4) is 0 Å². The Labute approximate surface area is 115 Å².